The summed E-state index contributed by atoms with van der Waals surface area (Å²) < 4.78 is 7.32. The molecule has 1 amide bonds. The Labute approximate surface area is 123 Å². The lowest BCUT2D eigenvalue weighted by Gasteiger charge is -2.21. The van der Waals surface area contributed by atoms with Gasteiger partial charge in [0.2, 0.25) is 5.91 Å². The zero-order valence-corrected chi connectivity index (χ0v) is 12.4. The Kier molecular flexibility index (Phi) is 4.80. The van der Waals surface area contributed by atoms with Crippen LogP contribution < -0.4 is 5.32 Å². The molecule has 0 aliphatic rings. The molecule has 0 fully saturated rings. The van der Waals surface area contributed by atoms with E-state index in [1.165, 1.54) is 0 Å². The number of nitrogens with zero attached hydrogens (tertiary/aromatic N) is 2. The topological polar surface area (TPSA) is 80.3 Å². The predicted molar refractivity (Wildman–Crippen MR) is 77.5 cm³/mol. The molecule has 1 unspecified atom stereocenters. The summed E-state index contributed by atoms with van der Waals surface area (Å²) >= 11 is 0. The summed E-state index contributed by atoms with van der Waals surface area (Å²) in [4.78, 5) is 15.7. The largest absolute Gasteiger partial charge is 0.463 e. The van der Waals surface area contributed by atoms with Gasteiger partial charge in [-0.2, -0.15) is 0 Å². The van der Waals surface area contributed by atoms with Crippen LogP contribution in [0.25, 0.3) is 0 Å². The third-order valence-corrected chi connectivity index (χ3v) is 3.28. The molecule has 0 aliphatic carbocycles. The van der Waals surface area contributed by atoms with E-state index >= 15 is 0 Å². The van der Waals surface area contributed by atoms with Gasteiger partial charge in [0.1, 0.15) is 17.1 Å². The summed E-state index contributed by atoms with van der Waals surface area (Å²) in [6.45, 7) is 4.32. The van der Waals surface area contributed by atoms with Crippen LogP contribution in [0.15, 0.2) is 35.3 Å². The van der Waals surface area contributed by atoms with E-state index in [-0.39, 0.29) is 12.5 Å². The summed E-state index contributed by atoms with van der Waals surface area (Å²) in [7, 11) is 0. The van der Waals surface area contributed by atoms with Crippen molar-refractivity contribution < 1.29 is 14.3 Å². The molecule has 0 bridgehead atoms. The Balaban J connectivity index is 1.73. The van der Waals surface area contributed by atoms with Crippen LogP contribution in [0.2, 0.25) is 0 Å². The Hall–Kier alpha value is -2.08. The first-order chi connectivity index (χ1) is 9.97. The number of hydrogen-bond acceptors (Lipinski definition) is 4. The molecule has 2 heterocycles. The standard InChI is InChI=1S/C15H21N3O3/c1-12-5-6-13(21-12)15(2,20)10-17-14(19)4-3-8-18-9-7-16-11-18/h5-7,9,11,20H,3-4,8,10H2,1-2H3,(H,17,19). The van der Waals surface area contributed by atoms with Crippen LogP contribution in [-0.4, -0.2) is 27.1 Å². The molecule has 2 rings (SSSR count). The van der Waals surface area contributed by atoms with Gasteiger partial charge in [-0.15, -0.1) is 0 Å². The molecule has 1 atom stereocenters. The van der Waals surface area contributed by atoms with Crippen molar-refractivity contribution in [3.8, 4) is 0 Å². The normalized spacial score (nSPS) is 13.9. The molecule has 2 aromatic heterocycles. The van der Waals surface area contributed by atoms with Gasteiger partial charge in [0, 0.05) is 25.4 Å². The van der Waals surface area contributed by atoms with Crippen molar-refractivity contribution in [2.75, 3.05) is 6.54 Å². The Morgan fingerprint density at radius 3 is 2.95 bits per heavy atom. The van der Waals surface area contributed by atoms with Gasteiger partial charge in [0.15, 0.2) is 0 Å². The van der Waals surface area contributed by atoms with E-state index in [9.17, 15) is 9.90 Å². The quantitative estimate of drug-likeness (QED) is 0.812. The van der Waals surface area contributed by atoms with Crippen LogP contribution in [0.4, 0.5) is 0 Å². The first-order valence-electron chi connectivity index (χ1n) is 6.99. The number of aryl methyl sites for hydroxylation is 2. The van der Waals surface area contributed by atoms with E-state index in [4.69, 9.17) is 4.42 Å². The lowest BCUT2D eigenvalue weighted by atomic mass is 10.0. The van der Waals surface area contributed by atoms with Gasteiger partial charge in [-0.05, 0) is 32.4 Å². The van der Waals surface area contributed by atoms with Crippen molar-refractivity contribution >= 4 is 5.91 Å². The maximum absolute atomic E-state index is 11.8. The van der Waals surface area contributed by atoms with Gasteiger partial charge in [-0.25, -0.2) is 4.98 Å². The van der Waals surface area contributed by atoms with Crippen molar-refractivity contribution in [2.24, 2.45) is 0 Å². The van der Waals surface area contributed by atoms with Crippen LogP contribution in [0.5, 0.6) is 0 Å². The molecule has 114 valence electrons. The number of hydrogen-bond donors (Lipinski definition) is 2. The number of carbonyl (C=O) groups is 1. The Morgan fingerprint density at radius 2 is 2.33 bits per heavy atom. The highest BCUT2D eigenvalue weighted by Gasteiger charge is 2.27. The number of rotatable bonds is 7. The minimum atomic E-state index is -1.20. The molecule has 0 spiro atoms. The number of furan rings is 1. The first-order valence-corrected chi connectivity index (χ1v) is 6.99. The summed E-state index contributed by atoms with van der Waals surface area (Å²) in [5, 5.41) is 13.0. The number of amides is 1. The molecular weight excluding hydrogens is 270 g/mol. The minimum absolute atomic E-state index is 0.0846. The summed E-state index contributed by atoms with van der Waals surface area (Å²) in [5.74, 6) is 1.11. The van der Waals surface area contributed by atoms with E-state index in [0.29, 0.717) is 12.2 Å². The fourth-order valence-electron chi connectivity index (χ4n) is 2.01. The Bertz CT molecular complexity index is 573. The average molecular weight is 291 g/mol. The highest BCUT2D eigenvalue weighted by atomic mass is 16.4. The van der Waals surface area contributed by atoms with Crippen molar-refractivity contribution in [3.05, 3.63) is 42.4 Å². The number of imidazole rings is 1. The average Bonchev–Trinajstić information content (AvgIpc) is 3.08. The van der Waals surface area contributed by atoms with E-state index in [2.05, 4.69) is 10.3 Å². The van der Waals surface area contributed by atoms with Crippen LogP contribution in [0.3, 0.4) is 0 Å². The maximum atomic E-state index is 11.8. The lowest BCUT2D eigenvalue weighted by molar-refractivity contribution is -0.122. The second-order valence-corrected chi connectivity index (χ2v) is 5.36. The Morgan fingerprint density at radius 1 is 1.52 bits per heavy atom. The maximum Gasteiger partial charge on any atom is 0.220 e. The highest BCUT2D eigenvalue weighted by Crippen LogP contribution is 2.21. The van der Waals surface area contributed by atoms with Crippen LogP contribution in [0, 0.1) is 6.92 Å². The van der Waals surface area contributed by atoms with Gasteiger partial charge in [0.05, 0.1) is 12.9 Å². The number of nitrogens with one attached hydrogen (secondary N) is 1. The molecule has 0 aliphatic heterocycles. The van der Waals surface area contributed by atoms with Crippen molar-refractivity contribution in [3.63, 3.8) is 0 Å². The zero-order chi connectivity index (χ0) is 15.3. The molecule has 0 saturated heterocycles. The predicted octanol–water partition coefficient (Wildman–Crippen LogP) is 1.59. The van der Waals surface area contributed by atoms with Gasteiger partial charge >= 0.3 is 0 Å². The third kappa shape index (κ3) is 4.46. The second-order valence-electron chi connectivity index (χ2n) is 5.36. The third-order valence-electron chi connectivity index (χ3n) is 3.28. The molecule has 2 aromatic rings. The lowest BCUT2D eigenvalue weighted by Crippen LogP contribution is -2.38. The number of aromatic nitrogens is 2. The molecule has 0 aromatic carbocycles. The summed E-state index contributed by atoms with van der Waals surface area (Å²) in [5.41, 5.74) is -1.20. The molecule has 21 heavy (non-hydrogen) atoms. The van der Waals surface area contributed by atoms with E-state index < -0.39 is 5.60 Å². The summed E-state index contributed by atoms with van der Waals surface area (Å²) in [6, 6.07) is 3.51. The number of aliphatic hydroxyl groups is 1. The van der Waals surface area contributed by atoms with E-state index in [1.54, 1.807) is 31.6 Å². The van der Waals surface area contributed by atoms with Gasteiger partial charge in [-0.3, -0.25) is 4.79 Å². The number of carbonyl (C=O) groups excluding carboxylic acids is 1. The van der Waals surface area contributed by atoms with Crippen LogP contribution in [-0.2, 0) is 16.9 Å². The minimum Gasteiger partial charge on any atom is -0.463 e. The van der Waals surface area contributed by atoms with Crippen molar-refractivity contribution in [2.45, 2.75) is 38.8 Å². The molecule has 6 nitrogen and oxygen atoms in total. The van der Waals surface area contributed by atoms with Gasteiger partial charge in [0.25, 0.3) is 0 Å². The molecular formula is C15H21N3O3. The van der Waals surface area contributed by atoms with Crippen molar-refractivity contribution in [1.82, 2.24) is 14.9 Å². The zero-order valence-electron chi connectivity index (χ0n) is 12.4. The van der Waals surface area contributed by atoms with Crippen LogP contribution >= 0.6 is 0 Å². The van der Waals surface area contributed by atoms with Crippen molar-refractivity contribution in [1.29, 1.82) is 0 Å². The van der Waals surface area contributed by atoms with E-state index in [0.717, 1.165) is 18.7 Å². The second kappa shape index (κ2) is 6.58. The van der Waals surface area contributed by atoms with Gasteiger partial charge in [-0.1, -0.05) is 0 Å². The van der Waals surface area contributed by atoms with E-state index in [1.807, 2.05) is 17.7 Å². The molecule has 2 N–H and O–H groups in total. The molecule has 0 radical (unpaired) electrons. The first kappa shape index (κ1) is 15.3. The molecule has 0 saturated carbocycles. The fourth-order valence-corrected chi connectivity index (χ4v) is 2.01. The highest BCUT2D eigenvalue weighted by molar-refractivity contribution is 5.75. The molecule has 6 heteroatoms. The monoisotopic (exact) mass is 291 g/mol. The van der Waals surface area contributed by atoms with Gasteiger partial charge < -0.3 is 19.4 Å². The smallest absolute Gasteiger partial charge is 0.220 e. The SMILES string of the molecule is Cc1ccc(C(C)(O)CNC(=O)CCCn2ccnc2)o1. The summed E-state index contributed by atoms with van der Waals surface area (Å²) in [6.07, 6.45) is 6.43. The van der Waals surface area contributed by atoms with Crippen LogP contribution in [0.1, 0.15) is 31.3 Å². The fraction of sp³-hybridized carbons (Fsp3) is 0.467.